The maximum Gasteiger partial charge on any atom is 0.318 e. The van der Waals surface area contributed by atoms with Gasteiger partial charge in [0.2, 0.25) is 5.91 Å². The molecular weight excluding hydrogens is 288 g/mol. The smallest absolute Gasteiger partial charge is 0.318 e. The number of rotatable bonds is 4. The number of nitrogens with one attached hydrogen (secondary N) is 1. The summed E-state index contributed by atoms with van der Waals surface area (Å²) in [5.74, 6) is -0.358. The normalized spacial score (nSPS) is 12.6. The van der Waals surface area contributed by atoms with E-state index < -0.39 is 17.2 Å². The Balaban J connectivity index is 2.29. The molecule has 0 bridgehead atoms. The first-order chi connectivity index (χ1) is 9.90. The first-order valence-electron chi connectivity index (χ1n) is 6.58. The zero-order valence-electron chi connectivity index (χ0n) is 12.2. The van der Waals surface area contributed by atoms with E-state index in [9.17, 15) is 9.59 Å². The number of benzene rings is 1. The Labute approximate surface area is 127 Å². The van der Waals surface area contributed by atoms with Crippen LogP contribution >= 0.6 is 11.8 Å². The highest BCUT2D eigenvalue weighted by atomic mass is 32.2. The second-order valence-electron chi connectivity index (χ2n) is 5.08. The summed E-state index contributed by atoms with van der Waals surface area (Å²) in [6, 6.07) is 6.92. The van der Waals surface area contributed by atoms with Crippen LogP contribution in [0.2, 0.25) is 0 Å². The Morgan fingerprint density at radius 2 is 2.00 bits per heavy atom. The van der Waals surface area contributed by atoms with Gasteiger partial charge in [0, 0.05) is 7.05 Å². The van der Waals surface area contributed by atoms with Gasteiger partial charge >= 0.3 is 6.03 Å². The fourth-order valence-electron chi connectivity index (χ4n) is 2.03. The molecule has 0 aliphatic carbocycles. The number of aryl methyl sites for hydroxylation is 1. The molecule has 0 unspecified atom stereocenters. The van der Waals surface area contributed by atoms with Gasteiger partial charge in [-0.1, -0.05) is 37.7 Å². The highest BCUT2D eigenvalue weighted by molar-refractivity contribution is 8.00. The lowest BCUT2D eigenvalue weighted by Gasteiger charge is -2.18. The van der Waals surface area contributed by atoms with Crippen molar-refractivity contribution in [1.29, 1.82) is 0 Å². The Morgan fingerprint density at radius 1 is 1.33 bits per heavy atom. The Kier molecular flexibility index (Phi) is 4.52. The minimum atomic E-state index is -0.837. The van der Waals surface area contributed by atoms with Crippen LogP contribution in [-0.4, -0.2) is 26.7 Å². The lowest BCUT2D eigenvalue weighted by atomic mass is 10.1. The monoisotopic (exact) mass is 306 g/mol. The van der Waals surface area contributed by atoms with Crippen molar-refractivity contribution >= 4 is 34.7 Å². The van der Waals surface area contributed by atoms with Crippen molar-refractivity contribution in [3.63, 3.8) is 0 Å². The Hall–Kier alpha value is -2.02. The number of nitrogens with two attached hydrogens (primary N) is 1. The average Bonchev–Trinajstić information content (AvgIpc) is 2.72. The summed E-state index contributed by atoms with van der Waals surface area (Å²) in [5.41, 5.74) is 6.89. The molecule has 0 saturated carbocycles. The summed E-state index contributed by atoms with van der Waals surface area (Å²) < 4.78 is 1.94. The minimum Gasteiger partial charge on any atom is -0.351 e. The zero-order chi connectivity index (χ0) is 15.6. The minimum absolute atomic E-state index is 0.0363. The van der Waals surface area contributed by atoms with E-state index in [1.807, 2.05) is 49.7 Å². The van der Waals surface area contributed by atoms with Crippen LogP contribution in [0.5, 0.6) is 0 Å². The predicted molar refractivity (Wildman–Crippen MR) is 82.9 cm³/mol. The highest BCUT2D eigenvalue weighted by Gasteiger charge is 2.26. The average molecular weight is 306 g/mol. The van der Waals surface area contributed by atoms with Gasteiger partial charge in [-0.15, -0.1) is 0 Å². The first kappa shape index (κ1) is 15.4. The Morgan fingerprint density at radius 3 is 2.57 bits per heavy atom. The molecule has 0 spiro atoms. The second-order valence-corrected chi connectivity index (χ2v) is 6.19. The van der Waals surface area contributed by atoms with Gasteiger partial charge in [0.1, 0.15) is 0 Å². The van der Waals surface area contributed by atoms with Crippen LogP contribution in [0, 0.1) is 5.92 Å². The molecule has 1 aromatic carbocycles. The summed E-state index contributed by atoms with van der Waals surface area (Å²) >= 11 is 1.33. The first-order valence-corrected chi connectivity index (χ1v) is 7.46. The molecule has 6 nitrogen and oxygen atoms in total. The van der Waals surface area contributed by atoms with Crippen molar-refractivity contribution < 1.29 is 9.59 Å². The van der Waals surface area contributed by atoms with Crippen molar-refractivity contribution in [2.24, 2.45) is 18.7 Å². The molecule has 0 aliphatic heterocycles. The predicted octanol–water partition coefficient (Wildman–Crippen LogP) is 1.88. The molecule has 21 heavy (non-hydrogen) atoms. The standard InChI is InChI=1S/C14H18N4O2S/c1-8(2)11(12(19)17-13(15)20)21-14-16-9-6-4-5-7-10(9)18(14)3/h4-8,11H,1-3H3,(H3,15,17,19,20)/t11-/m0/s1. The van der Waals surface area contributed by atoms with Crippen LogP contribution in [0.1, 0.15) is 13.8 Å². The van der Waals surface area contributed by atoms with Gasteiger partial charge in [0.25, 0.3) is 0 Å². The lowest BCUT2D eigenvalue weighted by Crippen LogP contribution is -2.42. The fourth-order valence-corrected chi connectivity index (χ4v) is 3.10. The van der Waals surface area contributed by atoms with E-state index in [1.54, 1.807) is 0 Å². The topological polar surface area (TPSA) is 90.0 Å². The molecule has 1 heterocycles. The maximum atomic E-state index is 12.1. The third-order valence-electron chi connectivity index (χ3n) is 3.09. The molecule has 2 aromatic rings. The summed E-state index contributed by atoms with van der Waals surface area (Å²) in [6.45, 7) is 3.84. The van der Waals surface area contributed by atoms with E-state index in [2.05, 4.69) is 10.3 Å². The van der Waals surface area contributed by atoms with E-state index in [-0.39, 0.29) is 5.92 Å². The number of nitrogens with zero attached hydrogens (tertiary/aromatic N) is 2. The van der Waals surface area contributed by atoms with E-state index >= 15 is 0 Å². The van der Waals surface area contributed by atoms with Crippen LogP contribution in [0.3, 0.4) is 0 Å². The van der Waals surface area contributed by atoms with Crippen LogP contribution in [0.25, 0.3) is 11.0 Å². The number of imidazole rings is 1. The van der Waals surface area contributed by atoms with Crippen LogP contribution < -0.4 is 11.1 Å². The van der Waals surface area contributed by atoms with Crippen LogP contribution in [-0.2, 0) is 11.8 Å². The number of carbonyl (C=O) groups excluding carboxylic acids is 2. The maximum absolute atomic E-state index is 12.1. The number of fused-ring (bicyclic) bond motifs is 1. The zero-order valence-corrected chi connectivity index (χ0v) is 13.0. The molecule has 1 atom stereocenters. The molecule has 7 heteroatoms. The third-order valence-corrected chi connectivity index (χ3v) is 4.68. The van der Waals surface area contributed by atoms with Crippen LogP contribution in [0.15, 0.2) is 29.4 Å². The van der Waals surface area contributed by atoms with Crippen molar-refractivity contribution in [1.82, 2.24) is 14.9 Å². The van der Waals surface area contributed by atoms with Gasteiger partial charge in [0.05, 0.1) is 16.3 Å². The summed E-state index contributed by atoms with van der Waals surface area (Å²) in [4.78, 5) is 27.4. The molecule has 0 saturated heterocycles. The quantitative estimate of drug-likeness (QED) is 0.844. The van der Waals surface area contributed by atoms with Gasteiger partial charge < -0.3 is 10.3 Å². The van der Waals surface area contributed by atoms with E-state index in [0.29, 0.717) is 0 Å². The molecule has 0 fully saturated rings. The molecule has 1 aromatic heterocycles. The molecule has 112 valence electrons. The number of para-hydroxylation sites is 2. The van der Waals surface area contributed by atoms with E-state index in [1.165, 1.54) is 11.8 Å². The van der Waals surface area contributed by atoms with Crippen molar-refractivity contribution in [2.75, 3.05) is 0 Å². The second kappa shape index (κ2) is 6.17. The van der Waals surface area contributed by atoms with E-state index in [0.717, 1.165) is 16.2 Å². The number of aromatic nitrogens is 2. The molecule has 0 aliphatic rings. The number of carbonyl (C=O) groups is 2. The van der Waals surface area contributed by atoms with Crippen LogP contribution in [0.4, 0.5) is 4.79 Å². The van der Waals surface area contributed by atoms with Crippen molar-refractivity contribution in [3.8, 4) is 0 Å². The highest BCUT2D eigenvalue weighted by Crippen LogP contribution is 2.29. The Bertz CT molecular complexity index is 681. The van der Waals surface area contributed by atoms with Gasteiger partial charge in [-0.2, -0.15) is 0 Å². The number of amides is 3. The van der Waals surface area contributed by atoms with Gasteiger partial charge in [-0.3, -0.25) is 10.1 Å². The number of imide groups is 1. The molecule has 2 rings (SSSR count). The lowest BCUT2D eigenvalue weighted by molar-refractivity contribution is -0.120. The van der Waals surface area contributed by atoms with Gasteiger partial charge in [-0.05, 0) is 18.1 Å². The van der Waals surface area contributed by atoms with Crippen molar-refractivity contribution in [2.45, 2.75) is 24.3 Å². The van der Waals surface area contributed by atoms with Gasteiger partial charge in [-0.25, -0.2) is 9.78 Å². The molecule has 3 amide bonds. The SMILES string of the molecule is CC(C)[C@H](Sc1nc2ccccc2n1C)C(=O)NC(N)=O. The summed E-state index contributed by atoms with van der Waals surface area (Å²) in [6.07, 6.45) is 0. The summed E-state index contributed by atoms with van der Waals surface area (Å²) in [7, 11) is 1.90. The fraction of sp³-hybridized carbons (Fsp3) is 0.357. The van der Waals surface area contributed by atoms with Crippen molar-refractivity contribution in [3.05, 3.63) is 24.3 Å². The third kappa shape index (κ3) is 3.36. The van der Waals surface area contributed by atoms with Gasteiger partial charge in [0.15, 0.2) is 5.16 Å². The number of hydrogen-bond donors (Lipinski definition) is 2. The molecule has 3 N–H and O–H groups in total. The number of thioether (sulfide) groups is 1. The molecular formula is C14H18N4O2S. The number of urea groups is 1. The number of primary amides is 1. The summed E-state index contributed by atoms with van der Waals surface area (Å²) in [5, 5.41) is 2.43. The number of hydrogen-bond acceptors (Lipinski definition) is 4. The molecule has 0 radical (unpaired) electrons. The largest absolute Gasteiger partial charge is 0.351 e. The van der Waals surface area contributed by atoms with E-state index in [4.69, 9.17) is 5.73 Å².